The van der Waals surface area contributed by atoms with Crippen LogP contribution in [-0.4, -0.2) is 66.9 Å². The maximum Gasteiger partial charge on any atom is 0.317 e. The summed E-state index contributed by atoms with van der Waals surface area (Å²) in [5.41, 5.74) is 2.84. The van der Waals surface area contributed by atoms with Crippen LogP contribution in [0.25, 0.3) is 16.2 Å². The molecular formula is C25H34N4O4S. The standard InChI is InChI=1S/C25H34N4O4S/c1-4-5-11-26-24(30)28(15-20-7-6-13-33-20)12-10-18-17-34-25-27-22(16-29(18)25)21-14-19(31-2)8-9-23(21)32-3/h8-9,14,16-17,20H,4-7,10-13,15H2,1-3H3,(H,26,30). The number of nitrogens with one attached hydrogen (secondary N) is 1. The van der Waals surface area contributed by atoms with Gasteiger partial charge < -0.3 is 24.4 Å². The van der Waals surface area contributed by atoms with E-state index in [9.17, 15) is 4.79 Å². The minimum atomic E-state index is -0.0112. The average Bonchev–Trinajstić information content (AvgIpc) is 3.59. The summed E-state index contributed by atoms with van der Waals surface area (Å²) < 4.78 is 18.8. The van der Waals surface area contributed by atoms with Gasteiger partial charge in [0.25, 0.3) is 0 Å². The van der Waals surface area contributed by atoms with E-state index in [1.165, 1.54) is 0 Å². The zero-order valence-electron chi connectivity index (χ0n) is 20.2. The van der Waals surface area contributed by atoms with Crippen molar-refractivity contribution < 1.29 is 19.0 Å². The highest BCUT2D eigenvalue weighted by molar-refractivity contribution is 7.15. The van der Waals surface area contributed by atoms with Gasteiger partial charge in [-0.2, -0.15) is 0 Å². The van der Waals surface area contributed by atoms with Gasteiger partial charge in [0.15, 0.2) is 4.96 Å². The van der Waals surface area contributed by atoms with Crippen LogP contribution >= 0.6 is 11.3 Å². The predicted octanol–water partition coefficient (Wildman–Crippen LogP) is 4.61. The molecule has 1 fully saturated rings. The average molecular weight is 487 g/mol. The summed E-state index contributed by atoms with van der Waals surface area (Å²) in [6.45, 7) is 4.86. The van der Waals surface area contributed by atoms with E-state index in [0.29, 0.717) is 19.6 Å². The number of methoxy groups -OCH3 is 2. The van der Waals surface area contributed by atoms with Gasteiger partial charge in [-0.3, -0.25) is 4.40 Å². The third kappa shape index (κ3) is 5.64. The second-order valence-corrected chi connectivity index (χ2v) is 9.33. The van der Waals surface area contributed by atoms with E-state index < -0.39 is 0 Å². The molecule has 2 aromatic heterocycles. The Morgan fingerprint density at radius 1 is 1.35 bits per heavy atom. The molecule has 34 heavy (non-hydrogen) atoms. The van der Waals surface area contributed by atoms with E-state index in [-0.39, 0.29) is 12.1 Å². The molecule has 9 heteroatoms. The highest BCUT2D eigenvalue weighted by Crippen LogP contribution is 2.34. The van der Waals surface area contributed by atoms with E-state index in [1.807, 2.05) is 29.3 Å². The Morgan fingerprint density at radius 2 is 2.24 bits per heavy atom. The number of nitrogens with zero attached hydrogens (tertiary/aromatic N) is 3. The lowest BCUT2D eigenvalue weighted by molar-refractivity contribution is 0.0815. The number of benzene rings is 1. The monoisotopic (exact) mass is 486 g/mol. The number of unbranched alkanes of at least 4 members (excludes halogenated alkanes) is 1. The fourth-order valence-corrected chi connectivity index (χ4v) is 5.10. The summed E-state index contributed by atoms with van der Waals surface area (Å²) >= 11 is 1.60. The van der Waals surface area contributed by atoms with Gasteiger partial charge in [-0.25, -0.2) is 9.78 Å². The number of amides is 2. The van der Waals surface area contributed by atoms with Crippen LogP contribution in [0, 0.1) is 0 Å². The molecule has 4 rings (SSSR count). The molecule has 1 N–H and O–H groups in total. The number of carbonyl (C=O) groups is 1. The largest absolute Gasteiger partial charge is 0.497 e. The van der Waals surface area contributed by atoms with Crippen molar-refractivity contribution in [2.45, 2.75) is 45.1 Å². The Hall–Kier alpha value is -2.78. The topological polar surface area (TPSA) is 77.3 Å². The molecule has 0 saturated carbocycles. The first-order valence-electron chi connectivity index (χ1n) is 11.9. The molecule has 0 aliphatic carbocycles. The summed E-state index contributed by atoms with van der Waals surface area (Å²) in [7, 11) is 3.31. The normalized spacial score (nSPS) is 15.6. The fraction of sp³-hybridized carbons (Fsp3) is 0.520. The Kier molecular flexibility index (Phi) is 8.29. The number of hydrogen-bond acceptors (Lipinski definition) is 6. The third-order valence-corrected chi connectivity index (χ3v) is 7.03. The van der Waals surface area contributed by atoms with Crippen molar-refractivity contribution in [3.8, 4) is 22.8 Å². The number of hydrogen-bond donors (Lipinski definition) is 1. The summed E-state index contributed by atoms with van der Waals surface area (Å²) in [6, 6.07) is 5.70. The molecule has 0 bridgehead atoms. The van der Waals surface area contributed by atoms with Crippen molar-refractivity contribution in [3.05, 3.63) is 35.5 Å². The first kappa shape index (κ1) is 24.3. The van der Waals surface area contributed by atoms with Gasteiger partial charge in [0.2, 0.25) is 0 Å². The highest BCUT2D eigenvalue weighted by atomic mass is 32.1. The van der Waals surface area contributed by atoms with Gasteiger partial charge in [0, 0.05) is 55.5 Å². The summed E-state index contributed by atoms with van der Waals surface area (Å²) in [6.07, 6.45) is 7.00. The second kappa shape index (κ2) is 11.6. The van der Waals surface area contributed by atoms with Crippen LogP contribution in [0.3, 0.4) is 0 Å². The molecule has 1 atom stereocenters. The molecule has 0 radical (unpaired) electrons. The molecule has 1 aliphatic rings. The van der Waals surface area contributed by atoms with Gasteiger partial charge in [-0.15, -0.1) is 11.3 Å². The predicted molar refractivity (Wildman–Crippen MR) is 134 cm³/mol. The van der Waals surface area contributed by atoms with E-state index in [2.05, 4.69) is 22.0 Å². The maximum atomic E-state index is 12.9. The van der Waals surface area contributed by atoms with Crippen molar-refractivity contribution in [2.75, 3.05) is 40.5 Å². The van der Waals surface area contributed by atoms with Crippen LogP contribution in [-0.2, 0) is 11.2 Å². The van der Waals surface area contributed by atoms with Crippen molar-refractivity contribution in [3.63, 3.8) is 0 Å². The Labute approximate surface area is 204 Å². The van der Waals surface area contributed by atoms with Crippen LogP contribution in [0.5, 0.6) is 11.5 Å². The Balaban J connectivity index is 1.50. The number of ether oxygens (including phenoxy) is 3. The number of aromatic nitrogens is 2. The first-order chi connectivity index (χ1) is 16.6. The quantitative estimate of drug-likeness (QED) is 0.401. The Morgan fingerprint density at radius 3 is 2.97 bits per heavy atom. The zero-order chi connectivity index (χ0) is 23.9. The fourth-order valence-electron chi connectivity index (χ4n) is 4.20. The Bertz CT molecular complexity index is 1090. The molecule has 184 valence electrons. The summed E-state index contributed by atoms with van der Waals surface area (Å²) in [5, 5.41) is 5.18. The molecular weight excluding hydrogens is 452 g/mol. The second-order valence-electron chi connectivity index (χ2n) is 8.49. The van der Waals surface area contributed by atoms with Crippen LogP contribution in [0.15, 0.2) is 29.8 Å². The molecule has 3 heterocycles. The lowest BCUT2D eigenvalue weighted by atomic mass is 10.1. The first-order valence-corrected chi connectivity index (χ1v) is 12.8. The number of fused-ring (bicyclic) bond motifs is 1. The molecule has 1 unspecified atom stereocenters. The highest BCUT2D eigenvalue weighted by Gasteiger charge is 2.23. The smallest absolute Gasteiger partial charge is 0.317 e. The van der Waals surface area contributed by atoms with E-state index in [0.717, 1.165) is 72.1 Å². The number of imidazole rings is 1. The summed E-state index contributed by atoms with van der Waals surface area (Å²) in [5.74, 6) is 1.51. The molecule has 3 aromatic rings. The SMILES string of the molecule is CCCCNC(=O)N(CCc1csc2nc(-c3cc(OC)ccc3OC)cn12)CC1CCCO1. The minimum Gasteiger partial charge on any atom is -0.497 e. The molecule has 1 aromatic carbocycles. The van der Waals surface area contributed by atoms with E-state index in [4.69, 9.17) is 19.2 Å². The third-order valence-electron chi connectivity index (χ3n) is 6.15. The lowest BCUT2D eigenvalue weighted by Crippen LogP contribution is -2.45. The van der Waals surface area contributed by atoms with Crippen molar-refractivity contribution in [1.29, 1.82) is 0 Å². The number of urea groups is 1. The lowest BCUT2D eigenvalue weighted by Gasteiger charge is -2.25. The van der Waals surface area contributed by atoms with Gasteiger partial charge in [-0.1, -0.05) is 13.3 Å². The van der Waals surface area contributed by atoms with Crippen molar-refractivity contribution in [2.24, 2.45) is 0 Å². The van der Waals surface area contributed by atoms with Crippen LogP contribution in [0.2, 0.25) is 0 Å². The van der Waals surface area contributed by atoms with E-state index >= 15 is 0 Å². The summed E-state index contributed by atoms with van der Waals surface area (Å²) in [4.78, 5) is 20.5. The van der Waals surface area contributed by atoms with Gasteiger partial charge in [0.05, 0.1) is 26.0 Å². The number of thiazole rings is 1. The molecule has 1 saturated heterocycles. The van der Waals surface area contributed by atoms with Gasteiger partial charge >= 0.3 is 6.03 Å². The van der Waals surface area contributed by atoms with Crippen LogP contribution in [0.1, 0.15) is 38.3 Å². The van der Waals surface area contributed by atoms with Gasteiger partial charge in [-0.05, 0) is 37.5 Å². The zero-order valence-corrected chi connectivity index (χ0v) is 21.0. The molecule has 2 amide bonds. The van der Waals surface area contributed by atoms with Gasteiger partial charge in [0.1, 0.15) is 11.5 Å². The maximum absolute atomic E-state index is 12.9. The van der Waals surface area contributed by atoms with Crippen molar-refractivity contribution in [1.82, 2.24) is 19.6 Å². The number of carbonyl (C=O) groups excluding carboxylic acids is 1. The molecule has 8 nitrogen and oxygen atoms in total. The van der Waals surface area contributed by atoms with Crippen molar-refractivity contribution >= 4 is 22.3 Å². The molecule has 1 aliphatic heterocycles. The number of rotatable bonds is 11. The van der Waals surface area contributed by atoms with E-state index in [1.54, 1.807) is 25.6 Å². The van der Waals surface area contributed by atoms with Crippen LogP contribution in [0.4, 0.5) is 4.79 Å². The molecule has 0 spiro atoms. The minimum absolute atomic E-state index is 0.0112. The van der Waals surface area contributed by atoms with Crippen LogP contribution < -0.4 is 14.8 Å².